The van der Waals surface area contributed by atoms with E-state index in [1.165, 1.54) is 108 Å². The number of nitrogens with zero attached hydrogens (tertiary/aromatic N) is 7. The summed E-state index contributed by atoms with van der Waals surface area (Å²) in [4.78, 5) is 17.3. The second-order valence-electron chi connectivity index (χ2n) is 43.7. The van der Waals surface area contributed by atoms with Crippen LogP contribution in [0.2, 0.25) is 58.9 Å². The van der Waals surface area contributed by atoms with Gasteiger partial charge in [0.1, 0.15) is 0 Å². The minimum atomic E-state index is -2.96. The molecule has 0 saturated heterocycles. The van der Waals surface area contributed by atoms with Crippen LogP contribution in [0.3, 0.4) is 0 Å². The molecule has 20 aromatic carbocycles. The fraction of sp³-hybridized carbons (Fsp3) is 0.0698. The monoisotopic (exact) mass is 1990 g/mol. The largest absolute Gasteiger partial charge is 0.453 e. The maximum atomic E-state index is 6.73. The zero-order chi connectivity index (χ0) is 99.5. The molecule has 0 spiro atoms. The molecule has 13 nitrogen and oxygen atoms in total. The Hall–Kier alpha value is -17.1. The Bertz CT molecular complexity index is 8570. The zero-order valence-electron chi connectivity index (χ0n) is 83.8. The van der Waals surface area contributed by atoms with Gasteiger partial charge in [-0.15, -0.1) is 0 Å². The maximum Gasteiger partial charge on any atom is 0.252 e. The number of benzene rings is 20. The molecule has 12 aliphatic heterocycles. The van der Waals surface area contributed by atoms with Crippen LogP contribution in [0.5, 0.6) is 69.0 Å². The molecule has 0 N–H and O–H groups in total. The standard InChI is InChI=1S/C48H42BN3O2Si2.C48H31BN2O2Si.C33H25BN2O2Si/c1-55(2,3)34-25-21-31(22-26-34)50(32-23-27-35(28-24-32)56(4,5)6)33-29-40-46-41(30-33)52-39-16-8-10-18-43(39)54-45-20-12-14-37(48(45)52)49(46)36-13-11-19-44-47(36)51(40)38-15-7-9-17-42(38)53-44;1-4-16-32(17-5-1)54(33-18-6-2-7-19-33,34-20-8-3-9-21-34)35-30-40-46-41(31-35)51-39-25-11-13-27-43(39)53-45-29-15-23-37(48(45)51)49(46)36-22-14-28-44-47(36)50(40)38-24-10-12-26-42(38)52-44;1-39(2,3)20-18-25-31-26(19-20)36-24-13-5-7-15-28(24)38-30-17-9-11-22(33(30)36)34(31)21-10-8-16-29-32(21)35(25)23-12-4-6-14-27(23)37-29/h7-30H,1-6H3;1-31H;4-19H,1-3H3. The molecule has 0 bridgehead atoms. The lowest BCUT2D eigenvalue weighted by atomic mass is 9.33. The Balaban J connectivity index is 0.000000105. The summed E-state index contributed by atoms with van der Waals surface area (Å²) in [6.45, 7) is 21.8. The third-order valence-corrected chi connectivity index (χ3v) is 43.1. The molecular formula is C129H98B3N7O6Si4. The van der Waals surface area contributed by atoms with E-state index >= 15 is 0 Å². The topological polar surface area (TPSA) is 78.1 Å². The highest BCUT2D eigenvalue weighted by molar-refractivity contribution is 7.20. The predicted molar refractivity (Wildman–Crippen MR) is 629 cm³/mol. The number of hydrogen-bond donors (Lipinski definition) is 0. The highest BCUT2D eigenvalue weighted by Gasteiger charge is 2.55. The van der Waals surface area contributed by atoms with Crippen molar-refractivity contribution in [3.05, 3.63) is 431 Å². The molecule has 0 atom stereocenters. The number of ether oxygens (including phenoxy) is 6. The molecule has 32 rings (SSSR count). The van der Waals surface area contributed by atoms with Gasteiger partial charge in [0.05, 0.1) is 98.2 Å². The molecule has 0 aliphatic carbocycles. The summed E-state index contributed by atoms with van der Waals surface area (Å²) in [5, 5.41) is 9.65. The van der Waals surface area contributed by atoms with Crippen LogP contribution in [0.15, 0.2) is 431 Å². The van der Waals surface area contributed by atoms with Gasteiger partial charge in [-0.2, -0.15) is 0 Å². The predicted octanol–water partition coefficient (Wildman–Crippen LogP) is 24.4. The number of para-hydroxylation sites is 18. The molecule has 0 radical (unpaired) electrons. The molecule has 20 heteroatoms. The summed E-state index contributed by atoms with van der Waals surface area (Å²) in [5.74, 6) is 10.5. The van der Waals surface area contributed by atoms with Gasteiger partial charge in [-0.05, 0) is 240 Å². The summed E-state index contributed by atoms with van der Waals surface area (Å²) in [6, 6.07) is 157. The minimum Gasteiger partial charge on any atom is -0.453 e. The Morgan fingerprint density at radius 1 is 0.168 bits per heavy atom. The Morgan fingerprint density at radius 3 is 0.597 bits per heavy atom. The molecule has 149 heavy (non-hydrogen) atoms. The summed E-state index contributed by atoms with van der Waals surface area (Å²) >= 11 is 0. The van der Waals surface area contributed by atoms with Gasteiger partial charge in [-0.25, -0.2) is 0 Å². The molecule has 0 fully saturated rings. The van der Waals surface area contributed by atoms with Crippen LogP contribution in [-0.2, 0) is 0 Å². The first-order chi connectivity index (χ1) is 72.8. The smallest absolute Gasteiger partial charge is 0.252 e. The van der Waals surface area contributed by atoms with Crippen molar-refractivity contribution in [2.75, 3.05) is 34.3 Å². The van der Waals surface area contributed by atoms with E-state index in [0.29, 0.717) is 0 Å². The lowest BCUT2D eigenvalue weighted by Crippen LogP contribution is -2.75. The van der Waals surface area contributed by atoms with E-state index in [1.807, 2.05) is 0 Å². The zero-order valence-corrected chi connectivity index (χ0v) is 87.8. The van der Waals surface area contributed by atoms with Crippen molar-refractivity contribution in [2.24, 2.45) is 0 Å². The van der Waals surface area contributed by atoms with Crippen molar-refractivity contribution < 1.29 is 28.4 Å². The van der Waals surface area contributed by atoms with Crippen molar-refractivity contribution >= 4 is 257 Å². The Morgan fingerprint density at radius 2 is 0.369 bits per heavy atom. The second kappa shape index (κ2) is 32.4. The number of rotatable bonds is 10. The molecule has 12 heterocycles. The van der Waals surface area contributed by atoms with Crippen molar-refractivity contribution in [1.29, 1.82) is 0 Å². The van der Waals surface area contributed by atoms with Crippen LogP contribution in [-0.4, -0.2) is 52.4 Å². The summed E-state index contributed by atoms with van der Waals surface area (Å²) in [7, 11) is -7.71. The van der Waals surface area contributed by atoms with Crippen molar-refractivity contribution in [1.82, 2.24) is 0 Å². The van der Waals surface area contributed by atoms with E-state index < -0.39 is 32.3 Å². The summed E-state index contributed by atoms with van der Waals surface area (Å²) < 4.78 is 39.9. The van der Waals surface area contributed by atoms with Crippen molar-refractivity contribution in [3.63, 3.8) is 0 Å². The number of hydrogen-bond acceptors (Lipinski definition) is 13. The first-order valence-electron chi connectivity index (χ1n) is 51.8. The minimum absolute atomic E-state index is 0.0327. The Kier molecular flexibility index (Phi) is 19.0. The first kappa shape index (κ1) is 87.3. The van der Waals surface area contributed by atoms with Gasteiger partial charge < -0.3 is 62.7 Å². The van der Waals surface area contributed by atoms with Crippen LogP contribution < -0.4 is 148 Å². The highest BCUT2D eigenvalue weighted by atomic mass is 28.3. The van der Waals surface area contributed by atoms with E-state index in [2.05, 4.69) is 524 Å². The summed E-state index contributed by atoms with van der Waals surface area (Å²) in [6.07, 6.45) is 0. The van der Waals surface area contributed by atoms with Crippen LogP contribution in [0.1, 0.15) is 0 Å². The quantitative estimate of drug-likeness (QED) is 0.0964. The molecule has 710 valence electrons. The van der Waals surface area contributed by atoms with Crippen molar-refractivity contribution in [3.8, 4) is 69.0 Å². The third-order valence-electron chi connectivity index (χ3n) is 32.2. The van der Waals surface area contributed by atoms with Crippen LogP contribution >= 0.6 is 0 Å². The van der Waals surface area contributed by atoms with Gasteiger partial charge in [0.15, 0.2) is 77.1 Å². The maximum absolute atomic E-state index is 6.73. The normalized spacial score (nSPS) is 14.1. The third kappa shape index (κ3) is 12.9. The van der Waals surface area contributed by atoms with E-state index in [4.69, 9.17) is 28.4 Å². The van der Waals surface area contributed by atoms with Gasteiger partial charge in [0.2, 0.25) is 0 Å². The highest BCUT2D eigenvalue weighted by Crippen LogP contribution is 2.62. The van der Waals surface area contributed by atoms with Crippen molar-refractivity contribution in [2.45, 2.75) is 58.9 Å². The molecule has 12 aliphatic rings. The van der Waals surface area contributed by atoms with E-state index in [-0.39, 0.29) is 20.1 Å². The molecule has 0 aromatic heterocycles. The molecule has 0 saturated carbocycles. The number of fused-ring (bicyclic) bond motifs is 24. The molecular weight excluding hydrogens is 1890 g/mol. The van der Waals surface area contributed by atoms with E-state index in [9.17, 15) is 0 Å². The van der Waals surface area contributed by atoms with Gasteiger partial charge >= 0.3 is 0 Å². The van der Waals surface area contributed by atoms with Gasteiger partial charge in [-0.3, -0.25) is 0 Å². The Labute approximate surface area is 872 Å². The molecule has 20 aromatic rings. The van der Waals surface area contributed by atoms with Gasteiger partial charge in [-0.1, -0.05) is 335 Å². The number of anilines is 21. The van der Waals surface area contributed by atoms with E-state index in [0.717, 1.165) is 166 Å². The molecule has 0 unspecified atom stereocenters. The van der Waals surface area contributed by atoms with Crippen LogP contribution in [0, 0.1) is 0 Å². The average molecular weight is 1990 g/mol. The lowest BCUT2D eigenvalue weighted by molar-refractivity contribution is 0.476. The van der Waals surface area contributed by atoms with Crippen LogP contribution in [0.4, 0.5) is 119 Å². The first-order valence-corrected chi connectivity index (χ1v) is 64.3. The fourth-order valence-corrected chi connectivity index (χ4v) is 33.9. The van der Waals surface area contributed by atoms with E-state index in [1.54, 1.807) is 0 Å². The fourth-order valence-electron chi connectivity index (χ4n) is 25.7. The van der Waals surface area contributed by atoms with Gasteiger partial charge in [0, 0.05) is 45.5 Å². The molecule has 0 amide bonds. The summed E-state index contributed by atoms with van der Waals surface area (Å²) in [5.41, 5.74) is 35.0. The lowest BCUT2D eigenvalue weighted by Gasteiger charge is -2.48. The van der Waals surface area contributed by atoms with Crippen LogP contribution in [0.25, 0.3) is 0 Å². The van der Waals surface area contributed by atoms with Gasteiger partial charge in [0.25, 0.3) is 20.1 Å². The second-order valence-corrected chi connectivity index (χ2v) is 62.7. The average Bonchev–Trinajstić information content (AvgIpc) is 0.688. The SMILES string of the molecule is C[Si](C)(C)c1cc2c3c(c1)N1c4ccccc4Oc4cccc(c41)B3c1cccc3c1N2c1ccccc1O3.C[Si](C)(C)c1ccc(N(c2ccc([Si](C)(C)C)cc2)c2cc3c4c(c2)N2c5ccccc5Oc5cccc(c52)B4c2cccc4c2N3c2ccccc2O4)cc1.c1ccc([Si](c2ccccc2)(c2ccccc2)c2cc3c4c(c2)N2c5ccccc5Oc5cccc(c52)B4c2cccc4c2N3c2ccccc2O4)cc1.